The summed E-state index contributed by atoms with van der Waals surface area (Å²) < 4.78 is 10.00. The van der Waals surface area contributed by atoms with Gasteiger partial charge in [0.1, 0.15) is 6.04 Å². The van der Waals surface area contributed by atoms with Crippen LogP contribution in [-0.4, -0.2) is 23.8 Å². The number of carbonyl (C=O) groups is 1. The first kappa shape index (κ1) is 13.1. The van der Waals surface area contributed by atoms with Gasteiger partial charge in [-0.3, -0.25) is 0 Å². The van der Waals surface area contributed by atoms with Crippen LogP contribution in [0.4, 0.5) is 5.69 Å². The third kappa shape index (κ3) is 3.34. The molecule has 0 unspecified atom stereocenters. The summed E-state index contributed by atoms with van der Waals surface area (Å²) in [6.45, 7) is 3.94. The highest BCUT2D eigenvalue weighted by Gasteiger charge is 2.13. The van der Waals surface area contributed by atoms with E-state index in [1.807, 2.05) is 24.3 Å². The molecule has 1 N–H and O–H groups in total. The SMILES string of the molecule is CCOC(=O)[C@H](C)Nc1ccc(-c2ccno2)cc1. The van der Waals surface area contributed by atoms with Crippen molar-refractivity contribution in [1.82, 2.24) is 5.16 Å². The lowest BCUT2D eigenvalue weighted by atomic mass is 10.1. The Balaban J connectivity index is 2.01. The molecule has 0 aliphatic carbocycles. The van der Waals surface area contributed by atoms with E-state index in [9.17, 15) is 4.79 Å². The molecule has 100 valence electrons. The van der Waals surface area contributed by atoms with E-state index in [2.05, 4.69) is 10.5 Å². The molecule has 0 bridgehead atoms. The first-order chi connectivity index (χ1) is 9.20. The van der Waals surface area contributed by atoms with Gasteiger partial charge in [0, 0.05) is 17.3 Å². The number of hydrogen-bond donors (Lipinski definition) is 1. The quantitative estimate of drug-likeness (QED) is 0.837. The number of carbonyl (C=O) groups excluding carboxylic acids is 1. The van der Waals surface area contributed by atoms with Crippen molar-refractivity contribution < 1.29 is 14.1 Å². The Kier molecular flexibility index (Phi) is 4.18. The van der Waals surface area contributed by atoms with Crippen LogP contribution < -0.4 is 5.32 Å². The Bertz CT molecular complexity index is 520. The average Bonchev–Trinajstić information content (AvgIpc) is 2.94. The van der Waals surface area contributed by atoms with E-state index in [0.717, 1.165) is 11.3 Å². The number of ether oxygens (including phenoxy) is 1. The van der Waals surface area contributed by atoms with Crippen molar-refractivity contribution in [3.63, 3.8) is 0 Å². The van der Waals surface area contributed by atoms with E-state index in [1.165, 1.54) is 0 Å². The van der Waals surface area contributed by atoms with E-state index >= 15 is 0 Å². The Hall–Kier alpha value is -2.30. The molecule has 5 nitrogen and oxygen atoms in total. The van der Waals surface area contributed by atoms with Crippen LogP contribution in [0.3, 0.4) is 0 Å². The molecule has 0 fully saturated rings. The summed E-state index contributed by atoms with van der Waals surface area (Å²) in [6.07, 6.45) is 1.60. The molecule has 1 heterocycles. The van der Waals surface area contributed by atoms with E-state index in [1.54, 1.807) is 26.1 Å². The Morgan fingerprint density at radius 2 is 2.11 bits per heavy atom. The van der Waals surface area contributed by atoms with Gasteiger partial charge in [0.25, 0.3) is 0 Å². The number of hydrogen-bond acceptors (Lipinski definition) is 5. The van der Waals surface area contributed by atoms with Crippen LogP contribution in [0.5, 0.6) is 0 Å². The molecule has 1 aromatic carbocycles. The minimum absolute atomic E-state index is 0.262. The number of anilines is 1. The van der Waals surface area contributed by atoms with Crippen molar-refractivity contribution in [2.75, 3.05) is 11.9 Å². The summed E-state index contributed by atoms with van der Waals surface area (Å²) in [5, 5.41) is 6.74. The van der Waals surface area contributed by atoms with Gasteiger partial charge in [0.2, 0.25) is 0 Å². The van der Waals surface area contributed by atoms with Gasteiger partial charge in [0.05, 0.1) is 12.8 Å². The average molecular weight is 260 g/mol. The maximum atomic E-state index is 11.5. The monoisotopic (exact) mass is 260 g/mol. The Morgan fingerprint density at radius 1 is 1.37 bits per heavy atom. The minimum Gasteiger partial charge on any atom is -0.464 e. The Morgan fingerprint density at radius 3 is 2.68 bits per heavy atom. The summed E-state index contributed by atoms with van der Waals surface area (Å²) in [7, 11) is 0. The van der Waals surface area contributed by atoms with Gasteiger partial charge in [-0.2, -0.15) is 0 Å². The molecule has 0 amide bonds. The van der Waals surface area contributed by atoms with Crippen LogP contribution >= 0.6 is 0 Å². The largest absolute Gasteiger partial charge is 0.464 e. The molecule has 1 aromatic heterocycles. The maximum Gasteiger partial charge on any atom is 0.328 e. The van der Waals surface area contributed by atoms with Crippen LogP contribution in [0.1, 0.15) is 13.8 Å². The summed E-state index contributed by atoms with van der Waals surface area (Å²) in [5.41, 5.74) is 1.79. The van der Waals surface area contributed by atoms with Crippen molar-refractivity contribution >= 4 is 11.7 Å². The molecular formula is C14H16N2O3. The second-order valence-electron chi connectivity index (χ2n) is 4.07. The lowest BCUT2D eigenvalue weighted by Gasteiger charge is -2.13. The highest BCUT2D eigenvalue weighted by molar-refractivity contribution is 5.79. The van der Waals surface area contributed by atoms with Crippen LogP contribution in [0.15, 0.2) is 41.1 Å². The smallest absolute Gasteiger partial charge is 0.328 e. The summed E-state index contributed by atoms with van der Waals surface area (Å²) in [4.78, 5) is 11.5. The van der Waals surface area contributed by atoms with E-state index in [-0.39, 0.29) is 12.0 Å². The molecule has 0 saturated heterocycles. The number of esters is 1. The topological polar surface area (TPSA) is 64.4 Å². The van der Waals surface area contributed by atoms with Crippen molar-refractivity contribution in [1.29, 1.82) is 0 Å². The zero-order valence-electron chi connectivity index (χ0n) is 10.9. The predicted octanol–water partition coefficient (Wildman–Crippen LogP) is 2.71. The summed E-state index contributed by atoms with van der Waals surface area (Å²) >= 11 is 0. The highest BCUT2D eigenvalue weighted by atomic mass is 16.5. The number of aromatic nitrogens is 1. The van der Waals surface area contributed by atoms with Gasteiger partial charge < -0.3 is 14.6 Å². The third-order valence-electron chi connectivity index (χ3n) is 2.63. The van der Waals surface area contributed by atoms with Crippen LogP contribution in [-0.2, 0) is 9.53 Å². The number of nitrogens with zero attached hydrogens (tertiary/aromatic N) is 1. The van der Waals surface area contributed by atoms with Gasteiger partial charge in [-0.25, -0.2) is 4.79 Å². The number of rotatable bonds is 5. The molecule has 0 saturated carbocycles. The van der Waals surface area contributed by atoms with Crippen LogP contribution in [0, 0.1) is 0 Å². The van der Waals surface area contributed by atoms with Crippen LogP contribution in [0.25, 0.3) is 11.3 Å². The van der Waals surface area contributed by atoms with E-state index in [0.29, 0.717) is 12.4 Å². The fourth-order valence-corrected chi connectivity index (χ4v) is 1.67. The second-order valence-corrected chi connectivity index (χ2v) is 4.07. The molecule has 0 aliphatic rings. The molecule has 1 atom stereocenters. The fraction of sp³-hybridized carbons (Fsp3) is 0.286. The summed E-state index contributed by atoms with van der Waals surface area (Å²) in [6, 6.07) is 8.99. The minimum atomic E-state index is -0.379. The first-order valence-electron chi connectivity index (χ1n) is 6.15. The third-order valence-corrected chi connectivity index (χ3v) is 2.63. The standard InChI is InChI=1S/C14H16N2O3/c1-3-18-14(17)10(2)16-12-6-4-11(5-7-12)13-8-9-15-19-13/h4-10,16H,3H2,1-2H3/t10-/m0/s1. The van der Waals surface area contributed by atoms with E-state index in [4.69, 9.17) is 9.26 Å². The van der Waals surface area contributed by atoms with Crippen molar-refractivity contribution in [2.24, 2.45) is 0 Å². The van der Waals surface area contributed by atoms with Crippen molar-refractivity contribution in [2.45, 2.75) is 19.9 Å². The number of benzene rings is 1. The predicted molar refractivity (Wildman–Crippen MR) is 71.7 cm³/mol. The first-order valence-corrected chi connectivity index (χ1v) is 6.15. The summed E-state index contributed by atoms with van der Waals surface area (Å²) in [5.74, 6) is 0.451. The lowest BCUT2D eigenvalue weighted by Crippen LogP contribution is -2.28. The molecule has 0 aliphatic heterocycles. The second kappa shape index (κ2) is 6.04. The van der Waals surface area contributed by atoms with Crippen LogP contribution in [0.2, 0.25) is 0 Å². The molecule has 2 rings (SSSR count). The lowest BCUT2D eigenvalue weighted by molar-refractivity contribution is -0.143. The van der Waals surface area contributed by atoms with Crippen molar-refractivity contribution in [3.8, 4) is 11.3 Å². The van der Waals surface area contributed by atoms with Gasteiger partial charge in [-0.15, -0.1) is 0 Å². The molecular weight excluding hydrogens is 244 g/mol. The van der Waals surface area contributed by atoms with Gasteiger partial charge in [-0.1, -0.05) is 5.16 Å². The highest BCUT2D eigenvalue weighted by Crippen LogP contribution is 2.21. The molecule has 0 spiro atoms. The van der Waals surface area contributed by atoms with Gasteiger partial charge >= 0.3 is 5.97 Å². The van der Waals surface area contributed by atoms with Crippen molar-refractivity contribution in [3.05, 3.63) is 36.5 Å². The van der Waals surface area contributed by atoms with Gasteiger partial charge in [-0.05, 0) is 38.1 Å². The Labute approximate surface area is 111 Å². The zero-order chi connectivity index (χ0) is 13.7. The molecule has 2 aromatic rings. The molecule has 0 radical (unpaired) electrons. The molecule has 19 heavy (non-hydrogen) atoms. The molecule has 5 heteroatoms. The fourth-order valence-electron chi connectivity index (χ4n) is 1.67. The maximum absolute atomic E-state index is 11.5. The van der Waals surface area contributed by atoms with Gasteiger partial charge in [0.15, 0.2) is 5.76 Å². The normalized spacial score (nSPS) is 11.9. The zero-order valence-corrected chi connectivity index (χ0v) is 10.9. The van der Waals surface area contributed by atoms with E-state index < -0.39 is 0 Å². The number of nitrogens with one attached hydrogen (secondary N) is 1.